The first-order chi connectivity index (χ1) is 13.4. The molecule has 0 saturated carbocycles. The molecule has 3 aromatic rings. The van der Waals surface area contributed by atoms with E-state index in [1.54, 1.807) is 0 Å². The summed E-state index contributed by atoms with van der Waals surface area (Å²) >= 11 is 0. The van der Waals surface area contributed by atoms with Crippen molar-refractivity contribution in [2.45, 2.75) is 6.54 Å². The molecule has 0 aliphatic carbocycles. The zero-order valence-corrected chi connectivity index (χ0v) is 16.0. The average molecular weight is 363 g/mol. The van der Waals surface area contributed by atoms with E-state index < -0.39 is 0 Å². The van der Waals surface area contributed by atoms with Gasteiger partial charge in [0.1, 0.15) is 0 Å². The normalized spacial score (nSPS) is 18.2. The predicted octanol–water partition coefficient (Wildman–Crippen LogP) is 2.58. The van der Waals surface area contributed by atoms with Crippen LogP contribution in [-0.2, 0) is 6.54 Å². The van der Waals surface area contributed by atoms with Gasteiger partial charge in [-0.3, -0.25) is 4.90 Å². The summed E-state index contributed by atoms with van der Waals surface area (Å²) in [6.45, 7) is 9.33. The summed E-state index contributed by atoms with van der Waals surface area (Å²) in [5.74, 6) is 0. The van der Waals surface area contributed by atoms with E-state index in [1.165, 1.54) is 27.1 Å². The van der Waals surface area contributed by atoms with Gasteiger partial charge in [0.2, 0.25) is 0 Å². The minimum Gasteiger partial charge on any atom is -0.314 e. The molecule has 1 fully saturated rings. The fourth-order valence-electron chi connectivity index (χ4n) is 3.97. The Bertz CT molecular complexity index is 811. The van der Waals surface area contributed by atoms with Crippen molar-refractivity contribution in [3.63, 3.8) is 0 Å². The lowest BCUT2D eigenvalue weighted by atomic mass is 9.96. The second kappa shape index (κ2) is 9.29. The molecule has 4 heteroatoms. The van der Waals surface area contributed by atoms with Crippen molar-refractivity contribution >= 4 is 21.5 Å². The second-order valence-electron chi connectivity index (χ2n) is 7.32. The minimum absolute atomic E-state index is 0.990. The van der Waals surface area contributed by atoms with Crippen LogP contribution in [0.2, 0.25) is 0 Å². The summed E-state index contributed by atoms with van der Waals surface area (Å²) in [4.78, 5) is 2.59. The van der Waals surface area contributed by atoms with E-state index in [0.29, 0.717) is 0 Å². The Balaban J connectivity index is 1.62. The van der Waals surface area contributed by atoms with Crippen LogP contribution in [0.4, 0.5) is 0 Å². The molecule has 27 heavy (non-hydrogen) atoms. The molecular formula is C23H30N4. The molecule has 0 radical (unpaired) electrons. The van der Waals surface area contributed by atoms with Crippen LogP contribution >= 0.6 is 0 Å². The maximum Gasteiger partial charge on any atom is 0.0247 e. The SMILES string of the molecule is c1ccc2c(CN3CCNCCNCCNCC3)c3ccccc3cc2c1. The third kappa shape index (κ3) is 4.66. The molecule has 0 amide bonds. The highest BCUT2D eigenvalue weighted by molar-refractivity contribution is 6.02. The third-order valence-corrected chi connectivity index (χ3v) is 5.43. The molecule has 142 valence electrons. The van der Waals surface area contributed by atoms with Gasteiger partial charge in [0.15, 0.2) is 0 Å². The zero-order chi connectivity index (χ0) is 18.3. The zero-order valence-electron chi connectivity index (χ0n) is 16.0. The molecule has 0 spiro atoms. The van der Waals surface area contributed by atoms with E-state index in [2.05, 4.69) is 75.4 Å². The van der Waals surface area contributed by atoms with Gasteiger partial charge in [0.25, 0.3) is 0 Å². The summed E-state index contributed by atoms with van der Waals surface area (Å²) in [5.41, 5.74) is 1.46. The van der Waals surface area contributed by atoms with Crippen LogP contribution in [0.3, 0.4) is 0 Å². The lowest BCUT2D eigenvalue weighted by Gasteiger charge is -2.25. The highest BCUT2D eigenvalue weighted by Gasteiger charge is 2.12. The van der Waals surface area contributed by atoms with Gasteiger partial charge in [0, 0.05) is 58.9 Å². The van der Waals surface area contributed by atoms with Crippen LogP contribution in [0, 0.1) is 0 Å². The van der Waals surface area contributed by atoms with Crippen LogP contribution in [0.1, 0.15) is 5.56 Å². The number of rotatable bonds is 2. The number of nitrogens with zero attached hydrogens (tertiary/aromatic N) is 1. The quantitative estimate of drug-likeness (QED) is 0.613. The largest absolute Gasteiger partial charge is 0.314 e. The van der Waals surface area contributed by atoms with E-state index in [4.69, 9.17) is 0 Å². The topological polar surface area (TPSA) is 39.3 Å². The van der Waals surface area contributed by atoms with Gasteiger partial charge in [-0.1, -0.05) is 48.5 Å². The van der Waals surface area contributed by atoms with Crippen LogP contribution in [0.15, 0.2) is 54.6 Å². The van der Waals surface area contributed by atoms with Crippen LogP contribution < -0.4 is 16.0 Å². The van der Waals surface area contributed by atoms with E-state index in [1.807, 2.05) is 0 Å². The lowest BCUT2D eigenvalue weighted by Crippen LogP contribution is -2.41. The van der Waals surface area contributed by atoms with Crippen molar-refractivity contribution in [2.24, 2.45) is 0 Å². The monoisotopic (exact) mass is 362 g/mol. The molecule has 1 heterocycles. The van der Waals surface area contributed by atoms with Gasteiger partial charge in [0.05, 0.1) is 0 Å². The van der Waals surface area contributed by atoms with Gasteiger partial charge in [-0.2, -0.15) is 0 Å². The maximum atomic E-state index is 3.57. The van der Waals surface area contributed by atoms with E-state index >= 15 is 0 Å². The summed E-state index contributed by atoms with van der Waals surface area (Å²) in [5, 5.41) is 16.0. The summed E-state index contributed by atoms with van der Waals surface area (Å²) in [6, 6.07) is 19.9. The molecule has 0 atom stereocenters. The van der Waals surface area contributed by atoms with Crippen LogP contribution in [0.25, 0.3) is 21.5 Å². The number of benzene rings is 3. The summed E-state index contributed by atoms with van der Waals surface area (Å²) in [7, 11) is 0. The number of nitrogens with one attached hydrogen (secondary N) is 3. The van der Waals surface area contributed by atoms with Crippen molar-refractivity contribution in [1.82, 2.24) is 20.9 Å². The van der Waals surface area contributed by atoms with Crippen molar-refractivity contribution in [3.8, 4) is 0 Å². The Hall–Kier alpha value is -1.98. The Morgan fingerprint density at radius 2 is 1.11 bits per heavy atom. The van der Waals surface area contributed by atoms with Crippen molar-refractivity contribution in [3.05, 3.63) is 60.2 Å². The smallest absolute Gasteiger partial charge is 0.0247 e. The van der Waals surface area contributed by atoms with Crippen LogP contribution in [-0.4, -0.2) is 57.3 Å². The van der Waals surface area contributed by atoms with Gasteiger partial charge >= 0.3 is 0 Å². The predicted molar refractivity (Wildman–Crippen MR) is 115 cm³/mol. The summed E-state index contributed by atoms with van der Waals surface area (Å²) < 4.78 is 0. The van der Waals surface area contributed by atoms with Crippen molar-refractivity contribution in [2.75, 3.05) is 52.4 Å². The molecule has 1 aliphatic rings. The standard InChI is InChI=1S/C23H30N4/c1-3-7-21-19(5-1)17-20-6-2-4-8-22(20)23(21)18-27-15-13-25-11-9-24-10-12-26-14-16-27/h1-8,17,24-26H,9-16,18H2. The Labute approximate surface area is 161 Å². The molecule has 3 N–H and O–H groups in total. The molecule has 4 nitrogen and oxygen atoms in total. The number of hydrogen-bond donors (Lipinski definition) is 3. The molecule has 1 aliphatic heterocycles. The minimum atomic E-state index is 0.990. The van der Waals surface area contributed by atoms with Gasteiger partial charge in [-0.25, -0.2) is 0 Å². The van der Waals surface area contributed by atoms with Crippen molar-refractivity contribution in [1.29, 1.82) is 0 Å². The second-order valence-corrected chi connectivity index (χ2v) is 7.32. The fourth-order valence-corrected chi connectivity index (χ4v) is 3.97. The highest BCUT2D eigenvalue weighted by Crippen LogP contribution is 2.29. The Morgan fingerprint density at radius 1 is 0.630 bits per heavy atom. The Morgan fingerprint density at radius 3 is 1.67 bits per heavy atom. The highest BCUT2D eigenvalue weighted by atomic mass is 15.2. The number of fused-ring (bicyclic) bond motifs is 2. The van der Waals surface area contributed by atoms with E-state index in [9.17, 15) is 0 Å². The molecule has 0 aromatic heterocycles. The Kier molecular flexibility index (Phi) is 6.32. The molecule has 1 saturated heterocycles. The molecule has 3 aromatic carbocycles. The molecule has 0 unspecified atom stereocenters. The number of hydrogen-bond acceptors (Lipinski definition) is 4. The van der Waals surface area contributed by atoms with Crippen LogP contribution in [0.5, 0.6) is 0 Å². The van der Waals surface area contributed by atoms with Gasteiger partial charge in [-0.05, 0) is 33.2 Å². The van der Waals surface area contributed by atoms with Crippen molar-refractivity contribution < 1.29 is 0 Å². The van der Waals surface area contributed by atoms with Gasteiger partial charge in [-0.15, -0.1) is 0 Å². The van der Waals surface area contributed by atoms with E-state index in [-0.39, 0.29) is 0 Å². The van der Waals surface area contributed by atoms with Gasteiger partial charge < -0.3 is 16.0 Å². The molecular weight excluding hydrogens is 332 g/mol. The molecule has 0 bridgehead atoms. The fraction of sp³-hybridized carbons (Fsp3) is 0.391. The molecule has 4 rings (SSSR count). The first-order valence-electron chi connectivity index (χ1n) is 10.2. The first-order valence-corrected chi connectivity index (χ1v) is 10.2. The summed E-state index contributed by atoms with van der Waals surface area (Å²) in [6.07, 6.45) is 0. The van der Waals surface area contributed by atoms with E-state index in [0.717, 1.165) is 58.9 Å². The first kappa shape index (κ1) is 18.4. The third-order valence-electron chi connectivity index (χ3n) is 5.43. The average Bonchev–Trinajstić information content (AvgIpc) is 2.69. The lowest BCUT2D eigenvalue weighted by molar-refractivity contribution is 0.265. The maximum absolute atomic E-state index is 3.57.